The minimum absolute atomic E-state index is 0.0867. The molecule has 1 rings (SSSR count). The molecule has 0 saturated heterocycles. The summed E-state index contributed by atoms with van der Waals surface area (Å²) >= 11 is 0. The summed E-state index contributed by atoms with van der Waals surface area (Å²) < 4.78 is 5.41. The fraction of sp³-hybridized carbons (Fsp3) is 0.583. The van der Waals surface area contributed by atoms with Crippen LogP contribution in [0.25, 0.3) is 0 Å². The first-order valence-corrected chi connectivity index (χ1v) is 6.23. The van der Waals surface area contributed by atoms with Crippen molar-refractivity contribution >= 4 is 17.3 Å². The summed E-state index contributed by atoms with van der Waals surface area (Å²) in [6, 6.07) is 2.74. The molecule has 0 amide bonds. The van der Waals surface area contributed by atoms with Crippen LogP contribution in [0.15, 0.2) is 12.1 Å². The molecule has 0 bridgehead atoms. The molecular weight excluding hydrogens is 248 g/mol. The molecule has 1 heterocycles. The highest BCUT2D eigenvalue weighted by atomic mass is 16.6. The van der Waals surface area contributed by atoms with Crippen LogP contribution in [0.4, 0.5) is 17.3 Å². The van der Waals surface area contributed by atoms with Crippen molar-refractivity contribution in [2.24, 2.45) is 5.92 Å². The first kappa shape index (κ1) is 15.2. The zero-order chi connectivity index (χ0) is 14.3. The molecule has 0 fully saturated rings. The van der Waals surface area contributed by atoms with E-state index in [2.05, 4.69) is 24.1 Å². The molecule has 106 valence electrons. The third kappa shape index (κ3) is 5.52. The van der Waals surface area contributed by atoms with Crippen molar-refractivity contribution in [3.8, 4) is 0 Å². The molecule has 1 aromatic heterocycles. The normalized spacial score (nSPS) is 10.7. The van der Waals surface area contributed by atoms with Gasteiger partial charge in [-0.1, -0.05) is 13.8 Å². The second kappa shape index (κ2) is 7.52. The lowest BCUT2D eigenvalue weighted by molar-refractivity contribution is -0.384. The Kier molecular flexibility index (Phi) is 6.01. The lowest BCUT2D eigenvalue weighted by Crippen LogP contribution is -2.13. The minimum atomic E-state index is -0.492. The van der Waals surface area contributed by atoms with Gasteiger partial charge in [0.25, 0.3) is 0 Å². The summed E-state index contributed by atoms with van der Waals surface area (Å²) in [6.07, 6.45) is 0.997. The van der Waals surface area contributed by atoms with Crippen LogP contribution >= 0.6 is 0 Å². The third-order valence-electron chi connectivity index (χ3n) is 2.47. The van der Waals surface area contributed by atoms with Gasteiger partial charge in [0.1, 0.15) is 5.82 Å². The van der Waals surface area contributed by atoms with E-state index < -0.39 is 4.92 Å². The van der Waals surface area contributed by atoms with Crippen molar-refractivity contribution in [2.45, 2.75) is 20.3 Å². The zero-order valence-corrected chi connectivity index (χ0v) is 11.3. The molecule has 19 heavy (non-hydrogen) atoms. The van der Waals surface area contributed by atoms with Gasteiger partial charge < -0.3 is 15.8 Å². The Morgan fingerprint density at radius 2 is 2.21 bits per heavy atom. The Bertz CT molecular complexity index is 423. The second-order valence-electron chi connectivity index (χ2n) is 4.58. The Labute approximate surface area is 112 Å². The summed E-state index contributed by atoms with van der Waals surface area (Å²) in [5.74, 6) is 1.02. The molecule has 0 aliphatic carbocycles. The summed E-state index contributed by atoms with van der Waals surface area (Å²) in [6.45, 7) is 5.87. The topological polar surface area (TPSA) is 103 Å². The van der Waals surface area contributed by atoms with E-state index in [4.69, 9.17) is 10.5 Å². The van der Waals surface area contributed by atoms with Crippen LogP contribution in [0, 0.1) is 16.0 Å². The number of nitrogen functional groups attached to an aromatic ring is 1. The van der Waals surface area contributed by atoms with E-state index >= 15 is 0 Å². The summed E-state index contributed by atoms with van der Waals surface area (Å²) in [5.41, 5.74) is 5.42. The first-order valence-electron chi connectivity index (χ1n) is 6.23. The van der Waals surface area contributed by atoms with Crippen LogP contribution < -0.4 is 11.1 Å². The molecule has 0 aliphatic heterocycles. The van der Waals surface area contributed by atoms with E-state index in [1.807, 2.05) is 0 Å². The Hall–Kier alpha value is -1.89. The van der Waals surface area contributed by atoms with E-state index in [9.17, 15) is 10.1 Å². The number of nitrogens with zero attached hydrogens (tertiary/aromatic N) is 2. The number of nitrogens with one attached hydrogen (secondary N) is 1. The standard InChI is InChI=1S/C12H20N4O3/c1-9(2)5-7-19-8-6-14-12-10(16(17)18)3-4-11(13)15-12/h3-4,9H,5-8H2,1-2H3,(H3,13,14,15). The Balaban J connectivity index is 2.40. The number of anilines is 2. The molecule has 1 aromatic rings. The predicted octanol–water partition coefficient (Wildman–Crippen LogP) is 2.05. The smallest absolute Gasteiger partial charge is 0.311 e. The maximum Gasteiger partial charge on any atom is 0.311 e. The first-order chi connectivity index (χ1) is 9.00. The van der Waals surface area contributed by atoms with Gasteiger partial charge in [-0.05, 0) is 18.4 Å². The van der Waals surface area contributed by atoms with Crippen molar-refractivity contribution in [1.29, 1.82) is 0 Å². The number of rotatable bonds is 8. The lowest BCUT2D eigenvalue weighted by Gasteiger charge is -2.08. The number of hydrogen-bond acceptors (Lipinski definition) is 6. The van der Waals surface area contributed by atoms with Gasteiger partial charge in [-0.15, -0.1) is 0 Å². The van der Waals surface area contributed by atoms with Crippen LogP contribution in [0.5, 0.6) is 0 Å². The number of hydrogen-bond donors (Lipinski definition) is 2. The van der Waals surface area contributed by atoms with Crippen molar-refractivity contribution in [2.75, 3.05) is 30.8 Å². The average Bonchev–Trinajstić information content (AvgIpc) is 2.33. The third-order valence-corrected chi connectivity index (χ3v) is 2.47. The number of aromatic nitrogens is 1. The van der Waals surface area contributed by atoms with Crippen molar-refractivity contribution in [3.05, 3.63) is 22.2 Å². The quantitative estimate of drug-likeness (QED) is 0.425. The number of pyridine rings is 1. The molecule has 0 atom stereocenters. The fourth-order valence-electron chi connectivity index (χ4n) is 1.41. The van der Waals surface area contributed by atoms with E-state index in [0.717, 1.165) is 6.42 Å². The highest BCUT2D eigenvalue weighted by Crippen LogP contribution is 2.22. The molecule has 0 spiro atoms. The molecule has 0 unspecified atom stereocenters. The van der Waals surface area contributed by atoms with Gasteiger partial charge in [-0.2, -0.15) is 0 Å². The van der Waals surface area contributed by atoms with Crippen LogP contribution in [0.3, 0.4) is 0 Å². The minimum Gasteiger partial charge on any atom is -0.384 e. The molecule has 0 radical (unpaired) electrons. The van der Waals surface area contributed by atoms with E-state index in [1.165, 1.54) is 12.1 Å². The molecule has 3 N–H and O–H groups in total. The molecule has 7 heteroatoms. The van der Waals surface area contributed by atoms with Crippen LogP contribution in [-0.2, 0) is 4.74 Å². The Morgan fingerprint density at radius 3 is 2.84 bits per heavy atom. The van der Waals surface area contributed by atoms with Crippen molar-refractivity contribution < 1.29 is 9.66 Å². The van der Waals surface area contributed by atoms with E-state index in [1.54, 1.807) is 0 Å². The van der Waals surface area contributed by atoms with Gasteiger partial charge in [0, 0.05) is 19.2 Å². The fourth-order valence-corrected chi connectivity index (χ4v) is 1.41. The van der Waals surface area contributed by atoms with Crippen molar-refractivity contribution in [3.63, 3.8) is 0 Å². The highest BCUT2D eigenvalue weighted by Gasteiger charge is 2.14. The number of nitrogens with two attached hydrogens (primary N) is 1. The monoisotopic (exact) mass is 268 g/mol. The van der Waals surface area contributed by atoms with Crippen LogP contribution in [0.2, 0.25) is 0 Å². The highest BCUT2D eigenvalue weighted by molar-refractivity contribution is 5.59. The van der Waals surface area contributed by atoms with Gasteiger partial charge in [-0.25, -0.2) is 4.98 Å². The van der Waals surface area contributed by atoms with Crippen LogP contribution in [0.1, 0.15) is 20.3 Å². The predicted molar refractivity (Wildman–Crippen MR) is 74.1 cm³/mol. The lowest BCUT2D eigenvalue weighted by atomic mass is 10.1. The van der Waals surface area contributed by atoms with Gasteiger partial charge in [0.2, 0.25) is 5.82 Å². The summed E-state index contributed by atoms with van der Waals surface area (Å²) in [7, 11) is 0. The van der Waals surface area contributed by atoms with Gasteiger partial charge in [-0.3, -0.25) is 10.1 Å². The Morgan fingerprint density at radius 1 is 1.47 bits per heavy atom. The number of nitro groups is 1. The SMILES string of the molecule is CC(C)CCOCCNc1nc(N)ccc1[N+](=O)[O-]. The van der Waals surface area contributed by atoms with Gasteiger partial charge >= 0.3 is 5.69 Å². The molecular formula is C12H20N4O3. The zero-order valence-electron chi connectivity index (χ0n) is 11.3. The average molecular weight is 268 g/mol. The van der Waals surface area contributed by atoms with Crippen LogP contribution in [-0.4, -0.2) is 29.7 Å². The summed E-state index contributed by atoms with van der Waals surface area (Å²) in [4.78, 5) is 14.2. The molecule has 0 aromatic carbocycles. The summed E-state index contributed by atoms with van der Waals surface area (Å²) in [5, 5.41) is 13.7. The van der Waals surface area contributed by atoms with Gasteiger partial charge in [0.15, 0.2) is 0 Å². The van der Waals surface area contributed by atoms with E-state index in [0.29, 0.717) is 25.7 Å². The van der Waals surface area contributed by atoms with Crippen molar-refractivity contribution in [1.82, 2.24) is 4.98 Å². The number of ether oxygens (including phenoxy) is 1. The largest absolute Gasteiger partial charge is 0.384 e. The molecule has 7 nitrogen and oxygen atoms in total. The molecule has 0 saturated carbocycles. The maximum atomic E-state index is 10.8. The second-order valence-corrected chi connectivity index (χ2v) is 4.58. The van der Waals surface area contributed by atoms with Gasteiger partial charge in [0.05, 0.1) is 11.5 Å². The molecule has 0 aliphatic rings. The van der Waals surface area contributed by atoms with E-state index in [-0.39, 0.29) is 17.3 Å². The maximum absolute atomic E-state index is 10.8.